The van der Waals surface area contributed by atoms with Crippen LogP contribution in [0.4, 0.5) is 0 Å². The van der Waals surface area contributed by atoms with Crippen LogP contribution >= 0.6 is 46.7 Å². The number of likely N-dealkylation sites (tertiary alicyclic amines) is 1. The Balaban J connectivity index is 0.00000272. The first-order chi connectivity index (χ1) is 14.7. The van der Waals surface area contributed by atoms with Gasteiger partial charge >= 0.3 is 0 Å². The van der Waals surface area contributed by atoms with Gasteiger partial charge in [-0.2, -0.15) is 0 Å². The number of halogens is 1. The van der Waals surface area contributed by atoms with Gasteiger partial charge in [0.1, 0.15) is 0 Å². The van der Waals surface area contributed by atoms with Crippen molar-refractivity contribution in [1.82, 2.24) is 20.4 Å². The highest BCUT2D eigenvalue weighted by molar-refractivity contribution is 14.0. The van der Waals surface area contributed by atoms with Gasteiger partial charge in [0, 0.05) is 55.1 Å². The number of fused-ring (bicyclic) bond motifs is 1. The molecule has 0 radical (unpaired) electrons. The van der Waals surface area contributed by atoms with Crippen molar-refractivity contribution in [2.75, 3.05) is 40.3 Å². The Labute approximate surface area is 212 Å². The molecule has 0 aromatic carbocycles. The number of hydrogen-bond acceptors (Lipinski definition) is 5. The number of hydrogen-bond donors (Lipinski definition) is 2. The first-order valence-electron chi connectivity index (χ1n) is 11.1. The minimum Gasteiger partial charge on any atom is -0.356 e. The van der Waals surface area contributed by atoms with Gasteiger partial charge in [0.2, 0.25) is 0 Å². The molecule has 2 aromatic rings. The average molecular weight is 574 g/mol. The van der Waals surface area contributed by atoms with Gasteiger partial charge in [-0.15, -0.1) is 46.7 Å². The minimum atomic E-state index is 0. The van der Waals surface area contributed by atoms with E-state index in [9.17, 15) is 0 Å². The highest BCUT2D eigenvalue weighted by Gasteiger charge is 2.31. The number of nitrogens with zero attached hydrogens (tertiary/aromatic N) is 3. The zero-order chi connectivity index (χ0) is 20.9. The van der Waals surface area contributed by atoms with Gasteiger partial charge in [-0.05, 0) is 74.2 Å². The topological polar surface area (TPSA) is 42.9 Å². The lowest BCUT2D eigenvalue weighted by molar-refractivity contribution is 0.125. The second-order valence-electron chi connectivity index (χ2n) is 8.62. The number of nitrogens with one attached hydrogen (secondary N) is 2. The monoisotopic (exact) mass is 573 g/mol. The van der Waals surface area contributed by atoms with Crippen LogP contribution in [0.1, 0.15) is 41.1 Å². The Kier molecular flexibility index (Phi) is 9.64. The molecule has 2 aliphatic rings. The number of piperidine rings is 1. The van der Waals surface area contributed by atoms with Crippen LogP contribution in [0.3, 0.4) is 0 Å². The van der Waals surface area contributed by atoms with Crippen LogP contribution in [0.2, 0.25) is 0 Å². The molecule has 4 heterocycles. The first kappa shape index (κ1) is 25.0. The smallest absolute Gasteiger partial charge is 0.191 e. The lowest BCUT2D eigenvalue weighted by atomic mass is 9.88. The average Bonchev–Trinajstić information content (AvgIpc) is 3.45. The molecule has 31 heavy (non-hydrogen) atoms. The Morgan fingerprint density at radius 3 is 2.87 bits per heavy atom. The molecule has 172 valence electrons. The standard InChI is InChI=1S/C23H35N5S2.HI/c1-17(28-11-8-20-19(16-28)9-13-30-20)14-25-23(24-2)26-15-18-6-4-10-27(3)22(18)21-7-5-12-29-21;/h5,7,9,12-13,17-18,22H,4,6,8,10-11,14-16H2,1-3H3,(H2,24,25,26);1H. The van der Waals surface area contributed by atoms with E-state index in [2.05, 4.69) is 68.4 Å². The summed E-state index contributed by atoms with van der Waals surface area (Å²) in [6.07, 6.45) is 3.72. The summed E-state index contributed by atoms with van der Waals surface area (Å²) in [7, 11) is 4.14. The van der Waals surface area contributed by atoms with Crippen molar-refractivity contribution in [3.05, 3.63) is 44.3 Å². The van der Waals surface area contributed by atoms with E-state index in [1.807, 2.05) is 29.7 Å². The number of rotatable bonds is 6. The molecule has 4 rings (SSSR count). The molecule has 0 bridgehead atoms. The zero-order valence-electron chi connectivity index (χ0n) is 18.8. The molecule has 5 nitrogen and oxygen atoms in total. The highest BCUT2D eigenvalue weighted by atomic mass is 127. The summed E-state index contributed by atoms with van der Waals surface area (Å²) in [6.45, 7) is 7.61. The van der Waals surface area contributed by atoms with Gasteiger partial charge in [-0.3, -0.25) is 14.8 Å². The maximum Gasteiger partial charge on any atom is 0.191 e. The van der Waals surface area contributed by atoms with Gasteiger partial charge < -0.3 is 10.6 Å². The van der Waals surface area contributed by atoms with E-state index in [-0.39, 0.29) is 24.0 Å². The van der Waals surface area contributed by atoms with Crippen LogP contribution in [0.5, 0.6) is 0 Å². The van der Waals surface area contributed by atoms with Crippen LogP contribution in [0, 0.1) is 5.92 Å². The quantitative estimate of drug-likeness (QED) is 0.305. The van der Waals surface area contributed by atoms with Crippen molar-refractivity contribution < 1.29 is 0 Å². The molecule has 3 unspecified atom stereocenters. The molecule has 2 N–H and O–H groups in total. The van der Waals surface area contributed by atoms with Gasteiger partial charge in [0.05, 0.1) is 0 Å². The van der Waals surface area contributed by atoms with Crippen LogP contribution in [-0.4, -0.2) is 62.1 Å². The van der Waals surface area contributed by atoms with E-state index in [0.717, 1.165) is 32.1 Å². The van der Waals surface area contributed by atoms with Crippen molar-refractivity contribution >= 4 is 52.6 Å². The molecule has 1 fully saturated rings. The molecule has 0 saturated carbocycles. The van der Waals surface area contributed by atoms with Crippen molar-refractivity contribution in [2.45, 2.75) is 44.8 Å². The Bertz CT molecular complexity index is 822. The van der Waals surface area contributed by atoms with E-state index in [4.69, 9.17) is 0 Å². The summed E-state index contributed by atoms with van der Waals surface area (Å²) in [4.78, 5) is 12.7. The molecule has 2 aliphatic heterocycles. The molecule has 8 heteroatoms. The molecule has 0 amide bonds. The number of aliphatic imine (C=N–C) groups is 1. The van der Waals surface area contributed by atoms with Crippen molar-refractivity contribution in [3.8, 4) is 0 Å². The van der Waals surface area contributed by atoms with E-state index < -0.39 is 0 Å². The van der Waals surface area contributed by atoms with E-state index >= 15 is 0 Å². The fourth-order valence-corrected chi connectivity index (χ4v) is 6.72. The third kappa shape index (κ3) is 6.22. The molecular weight excluding hydrogens is 537 g/mol. The molecule has 0 spiro atoms. The fraction of sp³-hybridized carbons (Fsp3) is 0.609. The lowest BCUT2D eigenvalue weighted by Gasteiger charge is -2.39. The number of guanidine groups is 1. The summed E-state index contributed by atoms with van der Waals surface area (Å²) in [5.41, 5.74) is 1.52. The van der Waals surface area contributed by atoms with Crippen LogP contribution in [0.15, 0.2) is 34.0 Å². The highest BCUT2D eigenvalue weighted by Crippen LogP contribution is 2.36. The second kappa shape index (κ2) is 12.0. The Morgan fingerprint density at radius 1 is 1.23 bits per heavy atom. The van der Waals surface area contributed by atoms with Crippen molar-refractivity contribution in [3.63, 3.8) is 0 Å². The second-order valence-corrected chi connectivity index (χ2v) is 10.6. The molecule has 0 aliphatic carbocycles. The Hall–Kier alpha value is -0.680. The largest absolute Gasteiger partial charge is 0.356 e. The van der Waals surface area contributed by atoms with E-state index in [0.29, 0.717) is 18.0 Å². The van der Waals surface area contributed by atoms with E-state index in [1.54, 1.807) is 4.88 Å². The summed E-state index contributed by atoms with van der Waals surface area (Å²) in [5.74, 6) is 1.53. The predicted octanol–water partition coefficient (Wildman–Crippen LogP) is 4.42. The summed E-state index contributed by atoms with van der Waals surface area (Å²) in [5, 5.41) is 11.6. The maximum atomic E-state index is 4.49. The summed E-state index contributed by atoms with van der Waals surface area (Å²) < 4.78 is 0. The first-order valence-corrected chi connectivity index (χ1v) is 12.9. The van der Waals surface area contributed by atoms with Crippen LogP contribution in [0.25, 0.3) is 0 Å². The normalized spacial score (nSPS) is 23.6. The number of thiophene rings is 2. The third-order valence-corrected chi connectivity index (χ3v) is 8.59. The van der Waals surface area contributed by atoms with Crippen LogP contribution < -0.4 is 10.6 Å². The molecule has 3 atom stereocenters. The molecule has 2 aromatic heterocycles. The van der Waals surface area contributed by atoms with Crippen molar-refractivity contribution in [2.24, 2.45) is 10.9 Å². The zero-order valence-corrected chi connectivity index (χ0v) is 22.8. The van der Waals surface area contributed by atoms with Crippen LogP contribution in [-0.2, 0) is 13.0 Å². The summed E-state index contributed by atoms with van der Waals surface area (Å²) >= 11 is 3.79. The fourth-order valence-electron chi connectivity index (χ4n) is 4.85. The lowest BCUT2D eigenvalue weighted by Crippen LogP contribution is -2.49. The predicted molar refractivity (Wildman–Crippen MR) is 145 cm³/mol. The van der Waals surface area contributed by atoms with Gasteiger partial charge in [-0.25, -0.2) is 0 Å². The summed E-state index contributed by atoms with van der Waals surface area (Å²) in [6, 6.07) is 7.75. The van der Waals surface area contributed by atoms with E-state index in [1.165, 1.54) is 36.2 Å². The van der Waals surface area contributed by atoms with Gasteiger partial charge in [0.15, 0.2) is 5.96 Å². The minimum absolute atomic E-state index is 0. The molecule has 1 saturated heterocycles. The van der Waals surface area contributed by atoms with Gasteiger partial charge in [-0.1, -0.05) is 6.07 Å². The molecular formula is C23H36IN5S2. The van der Waals surface area contributed by atoms with Gasteiger partial charge in [0.25, 0.3) is 0 Å². The SMILES string of the molecule is CN=C(NCC1CCCN(C)C1c1cccs1)NCC(C)N1CCc2sccc2C1.I. The Morgan fingerprint density at radius 2 is 2.10 bits per heavy atom. The van der Waals surface area contributed by atoms with Crippen molar-refractivity contribution in [1.29, 1.82) is 0 Å². The third-order valence-electron chi connectivity index (χ3n) is 6.62. The maximum absolute atomic E-state index is 4.49.